The molecule has 160 valence electrons. The Morgan fingerprint density at radius 1 is 1.16 bits per heavy atom. The normalized spacial score (nSPS) is 16.3. The average molecular weight is 456 g/mol. The molecule has 1 fully saturated rings. The molecule has 3 aromatic rings. The van der Waals surface area contributed by atoms with E-state index in [1.54, 1.807) is 0 Å². The second kappa shape index (κ2) is 8.63. The summed E-state index contributed by atoms with van der Waals surface area (Å²) in [6.07, 6.45) is 0.852. The smallest absolute Gasteiger partial charge is 0.243 e. The zero-order valence-corrected chi connectivity index (χ0v) is 18.5. The van der Waals surface area contributed by atoms with Crippen LogP contribution in [0.1, 0.15) is 18.4 Å². The van der Waals surface area contributed by atoms with E-state index in [0.29, 0.717) is 23.2 Å². The van der Waals surface area contributed by atoms with Crippen molar-refractivity contribution in [2.75, 3.05) is 13.1 Å². The highest BCUT2D eigenvalue weighted by atomic mass is 32.2. The van der Waals surface area contributed by atoms with Crippen LogP contribution in [0.3, 0.4) is 0 Å². The number of nitrogens with one attached hydrogen (secondary N) is 1. The van der Waals surface area contributed by atoms with Crippen LogP contribution in [0.15, 0.2) is 58.5 Å². The lowest BCUT2D eigenvalue weighted by Crippen LogP contribution is -2.42. The van der Waals surface area contributed by atoms with Crippen molar-refractivity contribution in [3.8, 4) is 6.07 Å². The molecule has 8 nitrogen and oxygen atoms in total. The molecule has 1 saturated heterocycles. The SMILES string of the molecule is Cn1/c(=N\NC(=O)C2CCN(S(=O)(=O)c3ccc(C#N)cc3)CC2)sc2ccccc21. The van der Waals surface area contributed by atoms with Crippen molar-refractivity contribution >= 4 is 37.5 Å². The number of hydrogen-bond donors (Lipinski definition) is 1. The molecule has 0 spiro atoms. The van der Waals surface area contributed by atoms with E-state index in [4.69, 9.17) is 5.26 Å². The summed E-state index contributed by atoms with van der Waals surface area (Å²) >= 11 is 1.49. The standard InChI is InChI=1S/C21H21N5O3S2/c1-25-18-4-2-3-5-19(18)30-21(25)24-23-20(27)16-10-12-26(13-11-16)31(28,29)17-8-6-15(14-22)7-9-17/h2-9,16H,10-13H2,1H3,(H,23,27)/b24-21+. The van der Waals surface area contributed by atoms with Crippen molar-refractivity contribution in [3.63, 3.8) is 0 Å². The summed E-state index contributed by atoms with van der Waals surface area (Å²) in [7, 11) is -1.75. The number of aromatic nitrogens is 1. The summed E-state index contributed by atoms with van der Waals surface area (Å²) in [5, 5.41) is 13.1. The quantitative estimate of drug-likeness (QED) is 0.608. The highest BCUT2D eigenvalue weighted by Crippen LogP contribution is 2.24. The van der Waals surface area contributed by atoms with E-state index >= 15 is 0 Å². The summed E-state index contributed by atoms with van der Waals surface area (Å²) in [4.78, 5) is 13.4. The fourth-order valence-corrected chi connectivity index (χ4v) is 6.04. The van der Waals surface area contributed by atoms with E-state index in [1.165, 1.54) is 39.9 Å². The first-order chi connectivity index (χ1) is 14.9. The minimum absolute atomic E-state index is 0.154. The number of carbonyl (C=O) groups excluding carboxylic acids is 1. The Morgan fingerprint density at radius 3 is 2.48 bits per heavy atom. The van der Waals surface area contributed by atoms with Crippen molar-refractivity contribution < 1.29 is 13.2 Å². The molecular weight excluding hydrogens is 434 g/mol. The molecule has 1 aromatic heterocycles. The van der Waals surface area contributed by atoms with Crippen molar-refractivity contribution in [2.24, 2.45) is 18.1 Å². The summed E-state index contributed by atoms with van der Waals surface area (Å²) in [5.74, 6) is -0.497. The number of hydrogen-bond acceptors (Lipinski definition) is 6. The maximum Gasteiger partial charge on any atom is 0.243 e. The van der Waals surface area contributed by atoms with Crippen molar-refractivity contribution in [1.82, 2.24) is 14.3 Å². The molecule has 10 heteroatoms. The van der Waals surface area contributed by atoms with Crippen LogP contribution in [-0.2, 0) is 21.9 Å². The van der Waals surface area contributed by atoms with Gasteiger partial charge in [0.25, 0.3) is 0 Å². The molecule has 1 aliphatic heterocycles. The number of benzene rings is 2. The number of piperidine rings is 1. The molecule has 1 aliphatic rings. The van der Waals surface area contributed by atoms with Gasteiger partial charge in [-0.3, -0.25) is 4.79 Å². The third-order valence-electron chi connectivity index (χ3n) is 5.42. The maximum atomic E-state index is 12.8. The topological polar surface area (TPSA) is 108 Å². The Labute approximate surface area is 184 Å². The van der Waals surface area contributed by atoms with Crippen LogP contribution < -0.4 is 10.2 Å². The predicted molar refractivity (Wildman–Crippen MR) is 117 cm³/mol. The van der Waals surface area contributed by atoms with Crippen molar-refractivity contribution in [3.05, 3.63) is 58.9 Å². The number of nitriles is 1. The monoisotopic (exact) mass is 455 g/mol. The minimum atomic E-state index is -3.64. The van der Waals surface area contributed by atoms with Gasteiger partial charge in [-0.25, -0.2) is 13.8 Å². The van der Waals surface area contributed by atoms with Gasteiger partial charge < -0.3 is 4.57 Å². The molecule has 0 saturated carbocycles. The summed E-state index contributed by atoms with van der Waals surface area (Å²) in [6.45, 7) is 0.522. The van der Waals surface area contributed by atoms with Crippen LogP contribution in [-0.4, -0.2) is 36.3 Å². The van der Waals surface area contributed by atoms with Gasteiger partial charge >= 0.3 is 0 Å². The number of para-hydroxylation sites is 1. The maximum absolute atomic E-state index is 12.8. The lowest BCUT2D eigenvalue weighted by Gasteiger charge is -2.30. The molecule has 31 heavy (non-hydrogen) atoms. The fourth-order valence-electron chi connectivity index (χ4n) is 3.59. The van der Waals surface area contributed by atoms with Crippen LogP contribution in [0.2, 0.25) is 0 Å². The third kappa shape index (κ3) is 4.25. The summed E-state index contributed by atoms with van der Waals surface area (Å²) in [6, 6.07) is 15.8. The molecule has 2 aromatic carbocycles. The highest BCUT2D eigenvalue weighted by Gasteiger charge is 2.32. The van der Waals surface area contributed by atoms with E-state index in [0.717, 1.165) is 10.2 Å². The number of fused-ring (bicyclic) bond motifs is 1. The van der Waals surface area contributed by atoms with Crippen molar-refractivity contribution in [2.45, 2.75) is 17.7 Å². The Kier molecular flexibility index (Phi) is 5.91. The second-order valence-electron chi connectivity index (χ2n) is 7.31. The Hall–Kier alpha value is -3.00. The number of thiazole rings is 1. The number of carbonyl (C=O) groups is 1. The Morgan fingerprint density at radius 2 is 1.84 bits per heavy atom. The van der Waals surface area contributed by atoms with Gasteiger partial charge in [-0.05, 0) is 49.2 Å². The van der Waals surface area contributed by atoms with Crippen LogP contribution in [0.25, 0.3) is 10.2 Å². The zero-order valence-electron chi connectivity index (χ0n) is 16.9. The number of nitrogens with zero attached hydrogens (tertiary/aromatic N) is 4. The molecule has 1 amide bonds. The first-order valence-electron chi connectivity index (χ1n) is 9.78. The number of sulfonamides is 1. The van der Waals surface area contributed by atoms with Gasteiger partial charge in [-0.2, -0.15) is 9.57 Å². The van der Waals surface area contributed by atoms with Crippen LogP contribution >= 0.6 is 11.3 Å². The van der Waals surface area contributed by atoms with Gasteiger partial charge in [0.2, 0.25) is 20.7 Å². The van der Waals surface area contributed by atoms with E-state index in [1.807, 2.05) is 41.9 Å². The first-order valence-corrected chi connectivity index (χ1v) is 12.0. The summed E-state index contributed by atoms with van der Waals surface area (Å²) < 4.78 is 30.0. The van der Waals surface area contributed by atoms with Gasteiger partial charge in [0, 0.05) is 26.1 Å². The highest BCUT2D eigenvalue weighted by molar-refractivity contribution is 7.89. The predicted octanol–water partition coefficient (Wildman–Crippen LogP) is 2.14. The molecule has 2 heterocycles. The molecule has 1 N–H and O–H groups in total. The van der Waals surface area contributed by atoms with E-state index in [2.05, 4.69) is 10.5 Å². The van der Waals surface area contributed by atoms with Crippen LogP contribution in [0.5, 0.6) is 0 Å². The van der Waals surface area contributed by atoms with Gasteiger partial charge in [0.15, 0.2) is 0 Å². The molecule has 0 aliphatic carbocycles. The molecule has 0 atom stereocenters. The zero-order chi connectivity index (χ0) is 22.0. The summed E-state index contributed by atoms with van der Waals surface area (Å²) in [5.41, 5.74) is 4.10. The first kappa shape index (κ1) is 21.2. The Bertz CT molecular complexity index is 1330. The van der Waals surface area contributed by atoms with Gasteiger partial charge in [-0.15, -0.1) is 5.10 Å². The van der Waals surface area contributed by atoms with E-state index in [-0.39, 0.29) is 29.8 Å². The van der Waals surface area contributed by atoms with Gasteiger partial charge in [0.05, 0.1) is 26.7 Å². The number of aryl methyl sites for hydroxylation is 1. The molecule has 0 radical (unpaired) electrons. The van der Waals surface area contributed by atoms with Gasteiger partial charge in [0.1, 0.15) is 0 Å². The Balaban J connectivity index is 1.40. The molecule has 0 bridgehead atoms. The van der Waals surface area contributed by atoms with E-state index in [9.17, 15) is 13.2 Å². The largest absolute Gasteiger partial charge is 0.318 e. The molecule has 4 rings (SSSR count). The molecular formula is C21H21N5O3S2. The number of amides is 1. The minimum Gasteiger partial charge on any atom is -0.318 e. The van der Waals surface area contributed by atoms with Gasteiger partial charge in [-0.1, -0.05) is 23.5 Å². The molecule has 0 unspecified atom stereocenters. The van der Waals surface area contributed by atoms with Crippen LogP contribution in [0, 0.1) is 17.2 Å². The second-order valence-corrected chi connectivity index (χ2v) is 10.3. The van der Waals surface area contributed by atoms with Crippen molar-refractivity contribution in [1.29, 1.82) is 5.26 Å². The lowest BCUT2D eigenvalue weighted by molar-refractivity contribution is -0.126. The lowest BCUT2D eigenvalue weighted by atomic mass is 9.98. The number of rotatable bonds is 4. The van der Waals surface area contributed by atoms with E-state index < -0.39 is 10.0 Å². The average Bonchev–Trinajstić information content (AvgIpc) is 3.13. The third-order valence-corrected chi connectivity index (χ3v) is 8.45. The fraction of sp³-hybridized carbons (Fsp3) is 0.286. The van der Waals surface area contributed by atoms with Crippen LogP contribution in [0.4, 0.5) is 0 Å².